The molecule has 3 heteroatoms. The van der Waals surface area contributed by atoms with Crippen LogP contribution in [0, 0.1) is 5.92 Å². The topological polar surface area (TPSA) is 41.1 Å². The molecule has 0 saturated carbocycles. The number of carbonyl (C=O) groups excluding carboxylic acids is 1. The first-order chi connectivity index (χ1) is 6.68. The number of nitrogens with one attached hydrogen (secondary N) is 2. The molecule has 1 saturated heterocycles. The molecule has 14 heavy (non-hydrogen) atoms. The van der Waals surface area contributed by atoms with Gasteiger partial charge < -0.3 is 10.6 Å². The van der Waals surface area contributed by atoms with Crippen molar-refractivity contribution in [1.82, 2.24) is 10.6 Å². The van der Waals surface area contributed by atoms with E-state index in [1.807, 2.05) is 13.8 Å². The van der Waals surface area contributed by atoms with Crippen LogP contribution in [0.2, 0.25) is 0 Å². The Morgan fingerprint density at radius 3 is 2.64 bits per heavy atom. The van der Waals surface area contributed by atoms with Crippen molar-refractivity contribution in [2.24, 2.45) is 5.92 Å². The Labute approximate surface area is 87.6 Å². The van der Waals surface area contributed by atoms with Crippen LogP contribution >= 0.6 is 0 Å². The minimum absolute atomic E-state index is 0.205. The van der Waals surface area contributed by atoms with E-state index in [4.69, 9.17) is 0 Å². The molecule has 1 rings (SSSR count). The standard InChI is InChI=1S/C9H18N2O.C2H6/c1-7(2)11-6-8-3-4-10-9(12)5-8;1-2/h7-8,11H,3-6H2,1-2H3,(H,10,12);1-2H3. The van der Waals surface area contributed by atoms with Crippen LogP contribution in [0.5, 0.6) is 0 Å². The second kappa shape index (κ2) is 7.80. The molecule has 0 aromatic carbocycles. The number of amides is 1. The van der Waals surface area contributed by atoms with E-state index in [9.17, 15) is 4.79 Å². The molecular weight excluding hydrogens is 176 g/mol. The van der Waals surface area contributed by atoms with E-state index in [0.29, 0.717) is 18.4 Å². The molecule has 1 unspecified atom stereocenters. The maximum Gasteiger partial charge on any atom is 0.220 e. The molecule has 1 amide bonds. The third kappa shape index (κ3) is 5.97. The van der Waals surface area contributed by atoms with Gasteiger partial charge >= 0.3 is 0 Å². The molecule has 3 nitrogen and oxygen atoms in total. The molecule has 0 aromatic rings. The van der Waals surface area contributed by atoms with Crippen molar-refractivity contribution >= 4 is 5.91 Å². The Hall–Kier alpha value is -0.570. The fraction of sp³-hybridized carbons (Fsp3) is 0.909. The zero-order chi connectivity index (χ0) is 11.0. The van der Waals surface area contributed by atoms with E-state index in [1.165, 1.54) is 0 Å². The molecule has 0 spiro atoms. The molecule has 1 fully saturated rings. The summed E-state index contributed by atoms with van der Waals surface area (Å²) < 4.78 is 0. The van der Waals surface area contributed by atoms with Gasteiger partial charge in [-0.15, -0.1) is 0 Å². The number of carbonyl (C=O) groups is 1. The summed E-state index contributed by atoms with van der Waals surface area (Å²) in [6.45, 7) is 10.1. The van der Waals surface area contributed by atoms with Crippen LogP contribution in [-0.4, -0.2) is 25.0 Å². The summed E-state index contributed by atoms with van der Waals surface area (Å²) in [6.07, 6.45) is 1.81. The predicted octanol–water partition coefficient (Wildman–Crippen LogP) is 1.54. The van der Waals surface area contributed by atoms with Gasteiger partial charge in [0.15, 0.2) is 0 Å². The predicted molar refractivity (Wildman–Crippen MR) is 60.2 cm³/mol. The Bertz CT molecular complexity index is 157. The minimum atomic E-state index is 0.205. The second-order valence-electron chi connectivity index (χ2n) is 3.77. The first kappa shape index (κ1) is 13.4. The summed E-state index contributed by atoms with van der Waals surface area (Å²) in [6, 6.07) is 0.523. The Kier molecular flexibility index (Phi) is 7.48. The lowest BCUT2D eigenvalue weighted by atomic mass is 9.97. The van der Waals surface area contributed by atoms with E-state index in [0.717, 1.165) is 19.5 Å². The third-order valence-corrected chi connectivity index (χ3v) is 2.16. The Morgan fingerprint density at radius 1 is 1.50 bits per heavy atom. The summed E-state index contributed by atoms with van der Waals surface area (Å²) in [7, 11) is 0. The quantitative estimate of drug-likeness (QED) is 0.725. The van der Waals surface area contributed by atoms with Gasteiger partial charge in [0.25, 0.3) is 0 Å². The second-order valence-corrected chi connectivity index (χ2v) is 3.77. The van der Waals surface area contributed by atoms with E-state index >= 15 is 0 Å². The smallest absolute Gasteiger partial charge is 0.220 e. The Balaban J connectivity index is 0.000000791. The first-order valence-electron chi connectivity index (χ1n) is 5.68. The van der Waals surface area contributed by atoms with E-state index in [-0.39, 0.29) is 5.91 Å². The number of hydrogen-bond donors (Lipinski definition) is 2. The normalized spacial score (nSPS) is 21.2. The van der Waals surface area contributed by atoms with E-state index < -0.39 is 0 Å². The highest BCUT2D eigenvalue weighted by Gasteiger charge is 2.18. The minimum Gasteiger partial charge on any atom is -0.356 e. The molecule has 0 radical (unpaired) electrons. The van der Waals surface area contributed by atoms with Gasteiger partial charge in [-0.25, -0.2) is 0 Å². The van der Waals surface area contributed by atoms with Gasteiger partial charge in [-0.2, -0.15) is 0 Å². The van der Waals surface area contributed by atoms with Crippen molar-refractivity contribution in [2.75, 3.05) is 13.1 Å². The SMILES string of the molecule is CC.CC(C)NCC1CCNC(=O)C1. The highest BCUT2D eigenvalue weighted by atomic mass is 16.1. The van der Waals surface area contributed by atoms with Crippen molar-refractivity contribution in [3.63, 3.8) is 0 Å². The number of rotatable bonds is 3. The van der Waals surface area contributed by atoms with Crippen molar-refractivity contribution in [3.05, 3.63) is 0 Å². The van der Waals surface area contributed by atoms with Crippen LogP contribution in [0.3, 0.4) is 0 Å². The molecule has 1 aliphatic rings. The largest absolute Gasteiger partial charge is 0.356 e. The molecule has 2 N–H and O–H groups in total. The van der Waals surface area contributed by atoms with Gasteiger partial charge in [0, 0.05) is 19.0 Å². The third-order valence-electron chi connectivity index (χ3n) is 2.16. The summed E-state index contributed by atoms with van der Waals surface area (Å²) in [5.74, 6) is 0.748. The van der Waals surface area contributed by atoms with Gasteiger partial charge in [-0.05, 0) is 18.9 Å². The summed E-state index contributed by atoms with van der Waals surface area (Å²) in [4.78, 5) is 11.0. The van der Waals surface area contributed by atoms with Gasteiger partial charge in [-0.1, -0.05) is 27.7 Å². The van der Waals surface area contributed by atoms with E-state index in [1.54, 1.807) is 0 Å². The zero-order valence-electron chi connectivity index (χ0n) is 9.89. The maximum absolute atomic E-state index is 11.0. The van der Waals surface area contributed by atoms with Crippen LogP contribution in [0.4, 0.5) is 0 Å². The maximum atomic E-state index is 11.0. The lowest BCUT2D eigenvalue weighted by Crippen LogP contribution is -2.39. The van der Waals surface area contributed by atoms with Crippen molar-refractivity contribution in [2.45, 2.75) is 46.6 Å². The molecule has 0 aliphatic carbocycles. The summed E-state index contributed by atoms with van der Waals surface area (Å²) in [5, 5.41) is 6.19. The number of hydrogen-bond acceptors (Lipinski definition) is 2. The number of piperidine rings is 1. The highest BCUT2D eigenvalue weighted by molar-refractivity contribution is 5.76. The molecule has 1 atom stereocenters. The molecular formula is C11H24N2O. The fourth-order valence-corrected chi connectivity index (χ4v) is 1.43. The average Bonchev–Trinajstić information content (AvgIpc) is 2.18. The molecule has 0 aromatic heterocycles. The van der Waals surface area contributed by atoms with Gasteiger partial charge in [0.2, 0.25) is 5.91 Å². The summed E-state index contributed by atoms with van der Waals surface area (Å²) >= 11 is 0. The average molecular weight is 200 g/mol. The zero-order valence-corrected chi connectivity index (χ0v) is 9.89. The van der Waals surface area contributed by atoms with Gasteiger partial charge in [0.1, 0.15) is 0 Å². The lowest BCUT2D eigenvalue weighted by Gasteiger charge is -2.23. The van der Waals surface area contributed by atoms with E-state index in [2.05, 4.69) is 24.5 Å². The molecule has 84 valence electrons. The van der Waals surface area contributed by atoms with Crippen LogP contribution in [0.25, 0.3) is 0 Å². The van der Waals surface area contributed by atoms with Crippen LogP contribution in [-0.2, 0) is 4.79 Å². The van der Waals surface area contributed by atoms with Crippen molar-refractivity contribution in [3.8, 4) is 0 Å². The van der Waals surface area contributed by atoms with Crippen LogP contribution < -0.4 is 10.6 Å². The molecule has 1 aliphatic heterocycles. The van der Waals surface area contributed by atoms with Gasteiger partial charge in [0.05, 0.1) is 0 Å². The lowest BCUT2D eigenvalue weighted by molar-refractivity contribution is -0.123. The van der Waals surface area contributed by atoms with Gasteiger partial charge in [-0.3, -0.25) is 4.79 Å². The molecule has 0 bridgehead atoms. The monoisotopic (exact) mass is 200 g/mol. The summed E-state index contributed by atoms with van der Waals surface area (Å²) in [5.41, 5.74) is 0. The van der Waals surface area contributed by atoms with Crippen molar-refractivity contribution < 1.29 is 4.79 Å². The fourth-order valence-electron chi connectivity index (χ4n) is 1.43. The Morgan fingerprint density at radius 2 is 2.14 bits per heavy atom. The first-order valence-corrected chi connectivity index (χ1v) is 5.68. The van der Waals surface area contributed by atoms with Crippen LogP contribution in [0.15, 0.2) is 0 Å². The van der Waals surface area contributed by atoms with Crippen LogP contribution in [0.1, 0.15) is 40.5 Å². The molecule has 1 heterocycles. The van der Waals surface area contributed by atoms with Crippen molar-refractivity contribution in [1.29, 1.82) is 0 Å². The highest BCUT2D eigenvalue weighted by Crippen LogP contribution is 2.10.